The first kappa shape index (κ1) is 13.1. The third-order valence-corrected chi connectivity index (χ3v) is 3.23. The van der Waals surface area contributed by atoms with Crippen molar-refractivity contribution in [2.45, 2.75) is 25.8 Å². The Hall–Kier alpha value is -1.38. The van der Waals surface area contributed by atoms with Crippen LogP contribution in [0.15, 0.2) is 42.5 Å². The summed E-state index contributed by atoms with van der Waals surface area (Å²) >= 11 is 0. The molecule has 0 saturated heterocycles. The number of nitrogens with two attached hydrogens (primary N) is 1. The van der Waals surface area contributed by atoms with Crippen LogP contribution in [-0.2, 0) is 4.74 Å². The van der Waals surface area contributed by atoms with E-state index in [9.17, 15) is 0 Å². The van der Waals surface area contributed by atoms with Gasteiger partial charge >= 0.3 is 0 Å². The molecule has 0 aliphatic heterocycles. The van der Waals surface area contributed by atoms with Gasteiger partial charge in [0.2, 0.25) is 0 Å². The summed E-state index contributed by atoms with van der Waals surface area (Å²) in [5.41, 5.74) is 7.53. The Morgan fingerprint density at radius 3 is 2.72 bits per heavy atom. The van der Waals surface area contributed by atoms with Gasteiger partial charge in [0.05, 0.1) is 0 Å². The van der Waals surface area contributed by atoms with Gasteiger partial charge < -0.3 is 10.5 Å². The second kappa shape index (κ2) is 6.53. The van der Waals surface area contributed by atoms with E-state index < -0.39 is 0 Å². The minimum atomic E-state index is 0.0940. The number of hydrogen-bond acceptors (Lipinski definition) is 2. The van der Waals surface area contributed by atoms with Crippen molar-refractivity contribution < 1.29 is 4.74 Å². The molecule has 2 rings (SSSR count). The molecule has 2 nitrogen and oxygen atoms in total. The van der Waals surface area contributed by atoms with Gasteiger partial charge in [-0.05, 0) is 36.1 Å². The molecular weight excluding hydrogens is 222 g/mol. The molecule has 0 saturated carbocycles. The van der Waals surface area contributed by atoms with Gasteiger partial charge in [-0.2, -0.15) is 0 Å². The summed E-state index contributed by atoms with van der Waals surface area (Å²) in [4.78, 5) is 0. The van der Waals surface area contributed by atoms with Gasteiger partial charge in [0.25, 0.3) is 0 Å². The third-order valence-electron chi connectivity index (χ3n) is 3.23. The Morgan fingerprint density at radius 1 is 1.11 bits per heavy atom. The number of ether oxygens (including phenoxy) is 1. The minimum absolute atomic E-state index is 0.0940. The summed E-state index contributed by atoms with van der Waals surface area (Å²) in [5.74, 6) is 0. The highest BCUT2D eigenvalue weighted by Gasteiger charge is 2.08. The van der Waals surface area contributed by atoms with Crippen molar-refractivity contribution in [2.75, 3.05) is 13.2 Å². The lowest BCUT2D eigenvalue weighted by atomic mass is 9.96. The van der Waals surface area contributed by atoms with Crippen LogP contribution >= 0.6 is 0 Å². The topological polar surface area (TPSA) is 35.2 Å². The van der Waals surface area contributed by atoms with E-state index in [4.69, 9.17) is 10.5 Å². The van der Waals surface area contributed by atoms with E-state index in [1.807, 2.05) is 6.92 Å². The molecule has 0 radical (unpaired) electrons. The molecule has 0 spiro atoms. The lowest BCUT2D eigenvalue weighted by Gasteiger charge is -2.14. The molecule has 0 aliphatic carbocycles. The van der Waals surface area contributed by atoms with Crippen LogP contribution in [0.3, 0.4) is 0 Å². The summed E-state index contributed by atoms with van der Waals surface area (Å²) in [5, 5.41) is 2.53. The fraction of sp³-hybridized carbons (Fsp3) is 0.375. The second-order valence-electron chi connectivity index (χ2n) is 4.51. The fourth-order valence-electron chi connectivity index (χ4n) is 2.28. The average molecular weight is 243 g/mol. The van der Waals surface area contributed by atoms with E-state index in [1.54, 1.807) is 0 Å². The Morgan fingerprint density at radius 2 is 1.89 bits per heavy atom. The first-order valence-corrected chi connectivity index (χ1v) is 6.64. The maximum atomic E-state index is 6.29. The van der Waals surface area contributed by atoms with Gasteiger partial charge in [-0.25, -0.2) is 0 Å². The Balaban J connectivity index is 2.10. The molecule has 1 unspecified atom stereocenters. The second-order valence-corrected chi connectivity index (χ2v) is 4.51. The molecule has 1 atom stereocenters. The molecular formula is C16H21NO. The summed E-state index contributed by atoms with van der Waals surface area (Å²) in [7, 11) is 0. The number of benzene rings is 2. The molecule has 0 heterocycles. The summed E-state index contributed by atoms with van der Waals surface area (Å²) in [6.45, 7) is 3.60. The summed E-state index contributed by atoms with van der Waals surface area (Å²) in [6, 6.07) is 14.8. The van der Waals surface area contributed by atoms with Crippen LogP contribution in [0.2, 0.25) is 0 Å². The van der Waals surface area contributed by atoms with Gasteiger partial charge in [-0.15, -0.1) is 0 Å². The van der Waals surface area contributed by atoms with Crippen molar-refractivity contribution in [3.63, 3.8) is 0 Å². The lowest BCUT2D eigenvalue weighted by Crippen LogP contribution is -2.11. The fourth-order valence-corrected chi connectivity index (χ4v) is 2.28. The van der Waals surface area contributed by atoms with E-state index in [0.717, 1.165) is 26.1 Å². The van der Waals surface area contributed by atoms with Gasteiger partial charge in [0, 0.05) is 19.3 Å². The zero-order chi connectivity index (χ0) is 12.8. The van der Waals surface area contributed by atoms with E-state index >= 15 is 0 Å². The van der Waals surface area contributed by atoms with Crippen LogP contribution in [0.4, 0.5) is 0 Å². The Labute approximate surface area is 109 Å². The molecule has 18 heavy (non-hydrogen) atoms. The molecule has 96 valence electrons. The third kappa shape index (κ3) is 3.09. The quantitative estimate of drug-likeness (QED) is 0.786. The van der Waals surface area contributed by atoms with Crippen molar-refractivity contribution in [1.82, 2.24) is 0 Å². The Bertz CT molecular complexity index is 490. The highest BCUT2D eigenvalue weighted by atomic mass is 16.5. The van der Waals surface area contributed by atoms with Gasteiger partial charge in [-0.1, -0.05) is 42.5 Å². The number of hydrogen-bond donors (Lipinski definition) is 1. The average Bonchev–Trinajstić information content (AvgIpc) is 2.43. The predicted octanol–water partition coefficient (Wildman–Crippen LogP) is 3.66. The van der Waals surface area contributed by atoms with E-state index in [0.29, 0.717) is 0 Å². The maximum Gasteiger partial charge on any atom is 0.0466 e. The van der Waals surface area contributed by atoms with Crippen molar-refractivity contribution in [2.24, 2.45) is 5.73 Å². The normalized spacial score (nSPS) is 12.8. The minimum Gasteiger partial charge on any atom is -0.382 e. The molecule has 2 N–H and O–H groups in total. The van der Waals surface area contributed by atoms with Crippen LogP contribution in [-0.4, -0.2) is 13.2 Å². The molecule has 0 amide bonds. The highest BCUT2D eigenvalue weighted by molar-refractivity contribution is 5.86. The highest BCUT2D eigenvalue weighted by Crippen LogP contribution is 2.25. The number of rotatable bonds is 6. The largest absolute Gasteiger partial charge is 0.382 e. The molecule has 2 aromatic rings. The zero-order valence-electron chi connectivity index (χ0n) is 10.9. The van der Waals surface area contributed by atoms with E-state index in [-0.39, 0.29) is 6.04 Å². The van der Waals surface area contributed by atoms with Crippen molar-refractivity contribution in [3.05, 3.63) is 48.0 Å². The van der Waals surface area contributed by atoms with Crippen LogP contribution in [0.5, 0.6) is 0 Å². The van der Waals surface area contributed by atoms with Crippen molar-refractivity contribution in [3.8, 4) is 0 Å². The van der Waals surface area contributed by atoms with Gasteiger partial charge in [0.15, 0.2) is 0 Å². The molecule has 0 aliphatic rings. The Kier molecular flexibility index (Phi) is 4.73. The van der Waals surface area contributed by atoms with Crippen LogP contribution in [0.25, 0.3) is 10.8 Å². The van der Waals surface area contributed by atoms with Crippen LogP contribution in [0.1, 0.15) is 31.4 Å². The van der Waals surface area contributed by atoms with Crippen LogP contribution in [0, 0.1) is 0 Å². The van der Waals surface area contributed by atoms with Crippen LogP contribution < -0.4 is 5.73 Å². The zero-order valence-corrected chi connectivity index (χ0v) is 10.9. The predicted molar refractivity (Wildman–Crippen MR) is 76.6 cm³/mol. The first-order chi connectivity index (χ1) is 8.83. The monoisotopic (exact) mass is 243 g/mol. The summed E-state index contributed by atoms with van der Waals surface area (Å²) < 4.78 is 5.35. The van der Waals surface area contributed by atoms with Gasteiger partial charge in [-0.3, -0.25) is 0 Å². The molecule has 2 aromatic carbocycles. The summed E-state index contributed by atoms with van der Waals surface area (Å²) in [6.07, 6.45) is 1.98. The first-order valence-electron chi connectivity index (χ1n) is 6.64. The maximum absolute atomic E-state index is 6.29. The SMILES string of the molecule is CCOCCCC(N)c1cccc2ccccc12. The number of fused-ring (bicyclic) bond motifs is 1. The smallest absolute Gasteiger partial charge is 0.0466 e. The van der Waals surface area contributed by atoms with Gasteiger partial charge in [0.1, 0.15) is 0 Å². The molecule has 0 fully saturated rings. The molecule has 0 aromatic heterocycles. The van der Waals surface area contributed by atoms with Crippen molar-refractivity contribution in [1.29, 1.82) is 0 Å². The van der Waals surface area contributed by atoms with Crippen molar-refractivity contribution >= 4 is 10.8 Å². The molecule has 2 heteroatoms. The molecule has 0 bridgehead atoms. The standard InChI is InChI=1S/C16H21NO/c1-2-18-12-6-11-16(17)15-10-5-8-13-7-3-4-9-14(13)15/h3-5,7-10,16H,2,6,11-12,17H2,1H3. The van der Waals surface area contributed by atoms with E-state index in [2.05, 4.69) is 42.5 Å². The van der Waals surface area contributed by atoms with E-state index in [1.165, 1.54) is 16.3 Å². The lowest BCUT2D eigenvalue weighted by molar-refractivity contribution is 0.142.